The van der Waals surface area contributed by atoms with E-state index < -0.39 is 12.3 Å². The molecule has 2 atom stereocenters. The van der Waals surface area contributed by atoms with Gasteiger partial charge in [0.05, 0.1) is 12.3 Å². The molecule has 0 aliphatic carbocycles. The fraction of sp³-hybridized carbons (Fsp3) is 0.500. The van der Waals surface area contributed by atoms with Crippen LogP contribution in [-0.4, -0.2) is 17.4 Å². The van der Waals surface area contributed by atoms with Crippen LogP contribution in [0.1, 0.15) is 25.3 Å². The van der Waals surface area contributed by atoms with Gasteiger partial charge in [-0.25, -0.2) is 4.39 Å². The molecule has 0 aliphatic rings. The summed E-state index contributed by atoms with van der Waals surface area (Å²) in [5, 5.41) is 9.44. The van der Waals surface area contributed by atoms with Gasteiger partial charge in [-0.2, -0.15) is 0 Å². The fourth-order valence-electron chi connectivity index (χ4n) is 1.47. The highest BCUT2D eigenvalue weighted by Gasteiger charge is 2.08. The van der Waals surface area contributed by atoms with Crippen LogP contribution in [0.4, 0.5) is 4.39 Å². The monoisotopic (exact) mass is 196 g/mol. The van der Waals surface area contributed by atoms with E-state index in [-0.39, 0.29) is 6.42 Å². The molecule has 0 fully saturated rings. The number of benzene rings is 1. The summed E-state index contributed by atoms with van der Waals surface area (Å²) < 4.78 is 12.5. The van der Waals surface area contributed by atoms with Crippen molar-refractivity contribution in [2.45, 2.75) is 38.5 Å². The van der Waals surface area contributed by atoms with E-state index >= 15 is 0 Å². The summed E-state index contributed by atoms with van der Waals surface area (Å²) in [6, 6.07) is 9.94. The lowest BCUT2D eigenvalue weighted by Crippen LogP contribution is -2.12. The van der Waals surface area contributed by atoms with Crippen molar-refractivity contribution in [3.05, 3.63) is 35.9 Å². The van der Waals surface area contributed by atoms with Crippen molar-refractivity contribution >= 4 is 0 Å². The zero-order valence-corrected chi connectivity index (χ0v) is 8.49. The van der Waals surface area contributed by atoms with Crippen LogP contribution in [0.15, 0.2) is 30.3 Å². The third-order valence-electron chi connectivity index (χ3n) is 2.21. The van der Waals surface area contributed by atoms with Gasteiger partial charge in [0.15, 0.2) is 0 Å². The second-order valence-electron chi connectivity index (χ2n) is 3.69. The summed E-state index contributed by atoms with van der Waals surface area (Å²) in [7, 11) is 0. The van der Waals surface area contributed by atoms with Gasteiger partial charge in [0.2, 0.25) is 0 Å². The van der Waals surface area contributed by atoms with Crippen molar-refractivity contribution in [3.63, 3.8) is 0 Å². The first-order valence-electron chi connectivity index (χ1n) is 5.04. The summed E-state index contributed by atoms with van der Waals surface area (Å²) in [5.74, 6) is 0. The molecule has 78 valence electrons. The Morgan fingerprint density at radius 3 is 2.50 bits per heavy atom. The second kappa shape index (κ2) is 5.76. The fourth-order valence-corrected chi connectivity index (χ4v) is 1.47. The molecule has 0 radical (unpaired) electrons. The molecule has 0 aliphatic heterocycles. The quantitative estimate of drug-likeness (QED) is 0.767. The van der Waals surface area contributed by atoms with E-state index in [9.17, 15) is 9.50 Å². The molecule has 1 aromatic carbocycles. The summed E-state index contributed by atoms with van der Waals surface area (Å²) in [6.45, 7) is 1.48. The molecule has 0 heterocycles. The molecule has 1 nitrogen and oxygen atoms in total. The Hall–Kier alpha value is -0.890. The summed E-state index contributed by atoms with van der Waals surface area (Å²) >= 11 is 0. The maximum absolute atomic E-state index is 12.5. The molecule has 0 bridgehead atoms. The number of halogens is 1. The van der Waals surface area contributed by atoms with E-state index in [4.69, 9.17) is 0 Å². The van der Waals surface area contributed by atoms with Crippen molar-refractivity contribution in [2.75, 3.05) is 0 Å². The van der Waals surface area contributed by atoms with Crippen molar-refractivity contribution in [3.8, 4) is 0 Å². The standard InChI is InChI=1S/C12H17FO/c1-10(13)9-12(14)8-7-11-5-3-2-4-6-11/h2-6,10,12,14H,7-9H2,1H3/t10-,12+/m1/s1. The molecular weight excluding hydrogens is 179 g/mol. The lowest BCUT2D eigenvalue weighted by atomic mass is 10.0. The molecule has 1 N–H and O–H groups in total. The minimum atomic E-state index is -0.916. The molecule has 0 saturated carbocycles. The van der Waals surface area contributed by atoms with Gasteiger partial charge >= 0.3 is 0 Å². The number of hydrogen-bond donors (Lipinski definition) is 1. The first-order chi connectivity index (χ1) is 6.68. The number of aryl methyl sites for hydroxylation is 1. The van der Waals surface area contributed by atoms with Crippen molar-refractivity contribution < 1.29 is 9.50 Å². The Kier molecular flexibility index (Phi) is 4.60. The highest BCUT2D eigenvalue weighted by atomic mass is 19.1. The highest BCUT2D eigenvalue weighted by Crippen LogP contribution is 2.09. The Balaban J connectivity index is 2.27. The Morgan fingerprint density at radius 1 is 1.29 bits per heavy atom. The number of hydrogen-bond acceptors (Lipinski definition) is 1. The zero-order chi connectivity index (χ0) is 10.4. The maximum atomic E-state index is 12.5. The number of alkyl halides is 1. The minimum absolute atomic E-state index is 0.243. The topological polar surface area (TPSA) is 20.2 Å². The molecule has 0 aromatic heterocycles. The van der Waals surface area contributed by atoms with Crippen LogP contribution in [0.2, 0.25) is 0 Å². The Labute approximate surface area is 84.6 Å². The number of aliphatic hydroxyl groups is 1. The van der Waals surface area contributed by atoms with Gasteiger partial charge in [-0.15, -0.1) is 0 Å². The van der Waals surface area contributed by atoms with Gasteiger partial charge < -0.3 is 5.11 Å². The van der Waals surface area contributed by atoms with Crippen LogP contribution in [-0.2, 0) is 6.42 Å². The van der Waals surface area contributed by atoms with Crippen molar-refractivity contribution in [2.24, 2.45) is 0 Å². The van der Waals surface area contributed by atoms with E-state index in [0.717, 1.165) is 6.42 Å². The lowest BCUT2D eigenvalue weighted by molar-refractivity contribution is 0.123. The molecule has 1 aromatic rings. The first-order valence-corrected chi connectivity index (χ1v) is 5.04. The van der Waals surface area contributed by atoms with Crippen LogP contribution in [0.5, 0.6) is 0 Å². The van der Waals surface area contributed by atoms with Gasteiger partial charge in [0.25, 0.3) is 0 Å². The van der Waals surface area contributed by atoms with E-state index in [2.05, 4.69) is 0 Å². The van der Waals surface area contributed by atoms with Crippen LogP contribution >= 0.6 is 0 Å². The predicted octanol–water partition coefficient (Wildman–Crippen LogP) is 2.73. The average molecular weight is 196 g/mol. The van der Waals surface area contributed by atoms with E-state index in [1.165, 1.54) is 12.5 Å². The SMILES string of the molecule is C[C@@H](F)C[C@@H](O)CCc1ccccc1. The third-order valence-corrected chi connectivity index (χ3v) is 2.21. The molecule has 0 amide bonds. The van der Waals surface area contributed by atoms with Gasteiger partial charge in [-0.05, 0) is 25.3 Å². The molecular formula is C12H17FO. The van der Waals surface area contributed by atoms with Gasteiger partial charge in [-0.3, -0.25) is 0 Å². The predicted molar refractivity (Wildman–Crippen MR) is 56.0 cm³/mol. The second-order valence-corrected chi connectivity index (χ2v) is 3.69. The normalized spacial score (nSPS) is 15.1. The van der Waals surface area contributed by atoms with Gasteiger partial charge in [-0.1, -0.05) is 30.3 Å². The van der Waals surface area contributed by atoms with Crippen LogP contribution in [0.3, 0.4) is 0 Å². The zero-order valence-electron chi connectivity index (χ0n) is 8.49. The molecule has 2 heteroatoms. The Morgan fingerprint density at radius 2 is 1.93 bits per heavy atom. The molecule has 14 heavy (non-hydrogen) atoms. The lowest BCUT2D eigenvalue weighted by Gasteiger charge is -2.10. The number of rotatable bonds is 5. The summed E-state index contributed by atoms with van der Waals surface area (Å²) in [5.41, 5.74) is 1.19. The summed E-state index contributed by atoms with van der Waals surface area (Å²) in [6.07, 6.45) is 0.260. The smallest absolute Gasteiger partial charge is 0.0998 e. The highest BCUT2D eigenvalue weighted by molar-refractivity contribution is 5.14. The summed E-state index contributed by atoms with van der Waals surface area (Å²) in [4.78, 5) is 0. The van der Waals surface area contributed by atoms with E-state index in [0.29, 0.717) is 6.42 Å². The van der Waals surface area contributed by atoms with Crippen LogP contribution in [0, 0.1) is 0 Å². The molecule has 0 saturated heterocycles. The maximum Gasteiger partial charge on any atom is 0.0998 e. The Bertz CT molecular complexity index is 246. The van der Waals surface area contributed by atoms with E-state index in [1.807, 2.05) is 30.3 Å². The van der Waals surface area contributed by atoms with Gasteiger partial charge in [0, 0.05) is 6.42 Å². The van der Waals surface area contributed by atoms with Crippen LogP contribution < -0.4 is 0 Å². The molecule has 1 rings (SSSR count). The van der Waals surface area contributed by atoms with Crippen molar-refractivity contribution in [1.29, 1.82) is 0 Å². The number of aliphatic hydroxyl groups excluding tert-OH is 1. The first kappa shape index (κ1) is 11.2. The third kappa shape index (κ3) is 4.38. The van der Waals surface area contributed by atoms with E-state index in [1.54, 1.807) is 0 Å². The van der Waals surface area contributed by atoms with Crippen molar-refractivity contribution in [1.82, 2.24) is 0 Å². The average Bonchev–Trinajstić information content (AvgIpc) is 2.15. The van der Waals surface area contributed by atoms with Gasteiger partial charge in [0.1, 0.15) is 0 Å². The largest absolute Gasteiger partial charge is 0.393 e. The minimum Gasteiger partial charge on any atom is -0.393 e. The molecule has 0 spiro atoms. The molecule has 0 unspecified atom stereocenters. The van der Waals surface area contributed by atoms with Crippen LogP contribution in [0.25, 0.3) is 0 Å².